The maximum Gasteiger partial charge on any atom is 0.270 e. The molecule has 102 valence electrons. The molecule has 0 saturated carbocycles. The summed E-state index contributed by atoms with van der Waals surface area (Å²) in [6, 6.07) is 3.79. The molecule has 0 aromatic carbocycles. The van der Waals surface area contributed by atoms with Crippen molar-refractivity contribution in [1.82, 2.24) is 19.6 Å². The van der Waals surface area contributed by atoms with E-state index in [2.05, 4.69) is 26.2 Å². The summed E-state index contributed by atoms with van der Waals surface area (Å²) in [6.07, 6.45) is 1.86. The molecule has 0 atom stereocenters. The summed E-state index contributed by atoms with van der Waals surface area (Å²) in [5.41, 5.74) is 2.11. The van der Waals surface area contributed by atoms with Crippen LogP contribution in [-0.2, 0) is 0 Å². The van der Waals surface area contributed by atoms with Gasteiger partial charge in [0.15, 0.2) is 0 Å². The maximum atomic E-state index is 12.2. The molecular weight excluding hydrogens is 308 g/mol. The molecule has 0 aliphatic carbocycles. The molecule has 0 aliphatic rings. The average Bonchev–Trinajstić information content (AvgIpc) is 2.63. The number of fused-ring (bicyclic) bond motifs is 1. The van der Waals surface area contributed by atoms with Gasteiger partial charge in [-0.15, -0.1) is 0 Å². The molecule has 1 amide bonds. The number of nitrogens with one attached hydrogen (secondary N) is 1. The second-order valence-electron chi connectivity index (χ2n) is 4.68. The first-order valence-electron chi connectivity index (χ1n) is 6.06. The lowest BCUT2D eigenvalue weighted by Gasteiger charge is -2.10. The van der Waals surface area contributed by atoms with Crippen molar-refractivity contribution in [2.24, 2.45) is 0 Å². The van der Waals surface area contributed by atoms with Gasteiger partial charge in [-0.1, -0.05) is 0 Å². The molecule has 5 nitrogen and oxygen atoms in total. The first kappa shape index (κ1) is 14.0. The van der Waals surface area contributed by atoms with Crippen molar-refractivity contribution < 1.29 is 4.79 Å². The quantitative estimate of drug-likeness (QED) is 0.931. The molecule has 0 saturated heterocycles. The Kier molecular flexibility index (Phi) is 4.21. The molecule has 0 bridgehead atoms. The Balaban J connectivity index is 2.26. The number of carbonyl (C=O) groups excluding carboxylic acids is 1. The maximum absolute atomic E-state index is 12.2. The van der Waals surface area contributed by atoms with E-state index in [4.69, 9.17) is 0 Å². The first-order chi connectivity index (χ1) is 8.99. The minimum Gasteiger partial charge on any atom is -0.349 e. The van der Waals surface area contributed by atoms with Crippen LogP contribution in [0.2, 0.25) is 0 Å². The Hall–Kier alpha value is -1.40. The topological polar surface area (TPSA) is 49.6 Å². The fourth-order valence-electron chi connectivity index (χ4n) is 1.89. The van der Waals surface area contributed by atoms with E-state index in [1.807, 2.05) is 48.6 Å². The summed E-state index contributed by atoms with van der Waals surface area (Å²) in [7, 11) is 3.95. The number of likely N-dealkylation sites (N-methyl/N-ethyl adjacent to an activating group) is 1. The molecule has 6 heteroatoms. The van der Waals surface area contributed by atoms with Crippen LogP contribution in [0.5, 0.6) is 0 Å². The summed E-state index contributed by atoms with van der Waals surface area (Å²) in [4.78, 5) is 18.6. The Morgan fingerprint density at radius 3 is 2.89 bits per heavy atom. The lowest BCUT2D eigenvalue weighted by molar-refractivity contribution is 0.0944. The lowest BCUT2D eigenvalue weighted by Crippen LogP contribution is -2.32. The predicted molar refractivity (Wildman–Crippen MR) is 78.5 cm³/mol. The molecule has 1 N–H and O–H groups in total. The van der Waals surface area contributed by atoms with Gasteiger partial charge in [-0.05, 0) is 49.1 Å². The van der Waals surface area contributed by atoms with Gasteiger partial charge in [0.2, 0.25) is 0 Å². The summed E-state index contributed by atoms with van der Waals surface area (Å²) >= 11 is 3.41. The monoisotopic (exact) mass is 324 g/mol. The third-order valence-corrected chi connectivity index (χ3v) is 3.29. The number of amides is 1. The van der Waals surface area contributed by atoms with E-state index in [1.54, 1.807) is 0 Å². The molecule has 2 aromatic rings. The van der Waals surface area contributed by atoms with E-state index >= 15 is 0 Å². The van der Waals surface area contributed by atoms with Gasteiger partial charge in [0.25, 0.3) is 5.91 Å². The SMILES string of the molecule is Cc1nc2ccc(Br)cn2c1C(=O)NCCN(C)C. The standard InChI is InChI=1S/C13H17BrN4O/c1-9-12(13(19)15-6-7-17(2)3)18-8-10(14)4-5-11(18)16-9/h4-5,8H,6-7H2,1-3H3,(H,15,19). The van der Waals surface area contributed by atoms with E-state index in [9.17, 15) is 4.79 Å². The molecule has 0 fully saturated rings. The zero-order valence-corrected chi connectivity index (χ0v) is 12.9. The summed E-state index contributed by atoms with van der Waals surface area (Å²) in [5, 5.41) is 2.91. The molecule has 2 heterocycles. The van der Waals surface area contributed by atoms with Crippen molar-refractivity contribution in [2.75, 3.05) is 27.2 Å². The summed E-state index contributed by atoms with van der Waals surface area (Å²) < 4.78 is 2.73. The number of halogens is 1. The van der Waals surface area contributed by atoms with Crippen molar-refractivity contribution in [3.05, 3.63) is 34.2 Å². The van der Waals surface area contributed by atoms with Gasteiger partial charge in [-0.25, -0.2) is 4.98 Å². The van der Waals surface area contributed by atoms with Crippen molar-refractivity contribution in [3.8, 4) is 0 Å². The molecular formula is C13H17BrN4O. The Morgan fingerprint density at radius 2 is 2.21 bits per heavy atom. The van der Waals surface area contributed by atoms with E-state index in [0.29, 0.717) is 12.2 Å². The average molecular weight is 325 g/mol. The van der Waals surface area contributed by atoms with Crippen LogP contribution in [-0.4, -0.2) is 47.4 Å². The van der Waals surface area contributed by atoms with Gasteiger partial charge in [0, 0.05) is 23.8 Å². The molecule has 0 radical (unpaired) electrons. The number of aryl methyl sites for hydroxylation is 1. The zero-order valence-electron chi connectivity index (χ0n) is 11.3. The summed E-state index contributed by atoms with van der Waals surface area (Å²) in [5.74, 6) is -0.0926. The first-order valence-corrected chi connectivity index (χ1v) is 6.85. The van der Waals surface area contributed by atoms with Crippen LogP contribution in [0.15, 0.2) is 22.8 Å². The van der Waals surface area contributed by atoms with Crippen LogP contribution in [0.3, 0.4) is 0 Å². The fourth-order valence-corrected chi connectivity index (χ4v) is 2.22. The highest BCUT2D eigenvalue weighted by molar-refractivity contribution is 9.10. The smallest absolute Gasteiger partial charge is 0.270 e. The van der Waals surface area contributed by atoms with E-state index in [0.717, 1.165) is 22.4 Å². The number of pyridine rings is 1. The largest absolute Gasteiger partial charge is 0.349 e. The van der Waals surface area contributed by atoms with Gasteiger partial charge in [0.05, 0.1) is 5.69 Å². The van der Waals surface area contributed by atoms with Gasteiger partial charge < -0.3 is 10.2 Å². The van der Waals surface area contributed by atoms with Crippen LogP contribution in [0.1, 0.15) is 16.2 Å². The van der Waals surface area contributed by atoms with E-state index in [1.165, 1.54) is 0 Å². The Morgan fingerprint density at radius 1 is 1.47 bits per heavy atom. The third-order valence-electron chi connectivity index (χ3n) is 2.82. The Labute approximate surface area is 120 Å². The predicted octanol–water partition coefficient (Wildman–Crippen LogP) is 1.70. The second-order valence-corrected chi connectivity index (χ2v) is 5.60. The van der Waals surface area contributed by atoms with E-state index < -0.39 is 0 Å². The van der Waals surface area contributed by atoms with Crippen molar-refractivity contribution in [2.45, 2.75) is 6.92 Å². The number of carbonyl (C=O) groups is 1. The van der Waals surface area contributed by atoms with Gasteiger partial charge >= 0.3 is 0 Å². The van der Waals surface area contributed by atoms with Crippen molar-refractivity contribution >= 4 is 27.5 Å². The molecule has 2 aromatic heterocycles. The van der Waals surface area contributed by atoms with Gasteiger partial charge in [-0.3, -0.25) is 9.20 Å². The molecule has 0 aliphatic heterocycles. The number of aromatic nitrogens is 2. The highest BCUT2D eigenvalue weighted by Crippen LogP contribution is 2.16. The van der Waals surface area contributed by atoms with Crippen LogP contribution < -0.4 is 5.32 Å². The molecule has 0 spiro atoms. The molecule has 0 unspecified atom stereocenters. The van der Waals surface area contributed by atoms with Crippen LogP contribution in [0, 0.1) is 6.92 Å². The van der Waals surface area contributed by atoms with Crippen molar-refractivity contribution in [3.63, 3.8) is 0 Å². The third kappa shape index (κ3) is 3.13. The number of rotatable bonds is 4. The van der Waals surface area contributed by atoms with Gasteiger partial charge in [-0.2, -0.15) is 0 Å². The van der Waals surface area contributed by atoms with Crippen LogP contribution >= 0.6 is 15.9 Å². The number of nitrogens with zero attached hydrogens (tertiary/aromatic N) is 3. The van der Waals surface area contributed by atoms with Crippen LogP contribution in [0.25, 0.3) is 5.65 Å². The van der Waals surface area contributed by atoms with Crippen molar-refractivity contribution in [1.29, 1.82) is 0 Å². The van der Waals surface area contributed by atoms with Crippen LogP contribution in [0.4, 0.5) is 0 Å². The summed E-state index contributed by atoms with van der Waals surface area (Å²) in [6.45, 7) is 3.28. The highest BCUT2D eigenvalue weighted by Gasteiger charge is 2.16. The number of imidazole rings is 1. The van der Waals surface area contributed by atoms with E-state index in [-0.39, 0.29) is 5.91 Å². The number of hydrogen-bond donors (Lipinski definition) is 1. The number of hydrogen-bond acceptors (Lipinski definition) is 3. The lowest BCUT2D eigenvalue weighted by atomic mass is 10.3. The second kappa shape index (κ2) is 5.71. The fraction of sp³-hybridized carbons (Fsp3) is 0.385. The minimum absolute atomic E-state index is 0.0926. The normalized spacial score (nSPS) is 11.2. The molecule has 2 rings (SSSR count). The highest BCUT2D eigenvalue weighted by atomic mass is 79.9. The zero-order chi connectivity index (χ0) is 14.0. The minimum atomic E-state index is -0.0926. The Bertz CT molecular complexity index is 606. The van der Waals surface area contributed by atoms with Gasteiger partial charge in [0.1, 0.15) is 11.3 Å². The molecule has 19 heavy (non-hydrogen) atoms.